The van der Waals surface area contributed by atoms with Crippen molar-refractivity contribution in [3.05, 3.63) is 0 Å². The van der Waals surface area contributed by atoms with Crippen LogP contribution in [0.25, 0.3) is 0 Å². The minimum absolute atomic E-state index is 0.117. The summed E-state index contributed by atoms with van der Waals surface area (Å²) in [5, 5.41) is 5.70. The van der Waals surface area contributed by atoms with Crippen LogP contribution in [0.2, 0.25) is 0 Å². The van der Waals surface area contributed by atoms with Gasteiger partial charge in [-0.3, -0.25) is 24.6 Å². The maximum atomic E-state index is 11.7. The first-order valence-corrected chi connectivity index (χ1v) is 7.48. The number of carbonyl (C=O) groups is 3. The number of rotatable bonds is 4. The molecule has 2 aliphatic heterocycles. The van der Waals surface area contributed by atoms with Crippen LogP contribution in [0.5, 0.6) is 0 Å². The van der Waals surface area contributed by atoms with E-state index >= 15 is 0 Å². The quantitative estimate of drug-likeness (QED) is 0.646. The lowest BCUT2D eigenvalue weighted by molar-refractivity contribution is -0.135. The van der Waals surface area contributed by atoms with Gasteiger partial charge in [0.25, 0.3) is 0 Å². The molecular formula is C14H24N4O3. The lowest BCUT2D eigenvalue weighted by Crippen LogP contribution is -2.55. The smallest absolute Gasteiger partial charge is 0.243 e. The van der Waals surface area contributed by atoms with Crippen LogP contribution in [0.4, 0.5) is 0 Å². The van der Waals surface area contributed by atoms with Gasteiger partial charge in [0.05, 0.1) is 12.6 Å². The highest BCUT2D eigenvalue weighted by molar-refractivity contribution is 6.00. The van der Waals surface area contributed by atoms with Crippen molar-refractivity contribution in [1.29, 1.82) is 0 Å². The minimum atomic E-state index is -0.261. The molecule has 2 fully saturated rings. The fourth-order valence-corrected chi connectivity index (χ4v) is 2.73. The molecule has 1 unspecified atom stereocenters. The molecule has 2 rings (SSSR count). The third-order valence-corrected chi connectivity index (χ3v) is 4.12. The van der Waals surface area contributed by atoms with E-state index in [0.29, 0.717) is 19.4 Å². The van der Waals surface area contributed by atoms with Gasteiger partial charge in [-0.15, -0.1) is 0 Å². The first-order valence-electron chi connectivity index (χ1n) is 7.48. The van der Waals surface area contributed by atoms with Gasteiger partial charge in [-0.1, -0.05) is 0 Å². The zero-order valence-electron chi connectivity index (χ0n) is 12.7. The number of nitrogens with zero attached hydrogens (tertiary/aromatic N) is 2. The minimum Gasteiger partial charge on any atom is -0.348 e. The summed E-state index contributed by atoms with van der Waals surface area (Å²) in [6, 6.07) is 0.0160. The van der Waals surface area contributed by atoms with Crippen molar-refractivity contribution < 1.29 is 14.4 Å². The summed E-state index contributed by atoms with van der Waals surface area (Å²) in [6.07, 6.45) is 2.81. The predicted octanol–water partition coefficient (Wildman–Crippen LogP) is -1.07. The lowest BCUT2D eigenvalue weighted by atomic mass is 10.00. The van der Waals surface area contributed by atoms with Crippen molar-refractivity contribution in [3.8, 4) is 0 Å². The van der Waals surface area contributed by atoms with Crippen LogP contribution in [0.3, 0.4) is 0 Å². The van der Waals surface area contributed by atoms with E-state index in [1.165, 1.54) is 0 Å². The van der Waals surface area contributed by atoms with Crippen molar-refractivity contribution in [3.63, 3.8) is 0 Å². The summed E-state index contributed by atoms with van der Waals surface area (Å²) in [7, 11) is 3.53. The molecule has 0 aromatic rings. The summed E-state index contributed by atoms with van der Waals surface area (Å²) >= 11 is 0. The number of likely N-dealkylation sites (tertiary alicyclic amines) is 1. The number of amides is 3. The molecule has 7 nitrogen and oxygen atoms in total. The molecule has 2 N–H and O–H groups in total. The van der Waals surface area contributed by atoms with Crippen molar-refractivity contribution in [2.75, 3.05) is 33.7 Å². The van der Waals surface area contributed by atoms with E-state index in [0.717, 1.165) is 25.9 Å². The third kappa shape index (κ3) is 4.50. The van der Waals surface area contributed by atoms with Crippen molar-refractivity contribution in [1.82, 2.24) is 20.4 Å². The molecule has 0 aromatic heterocycles. The van der Waals surface area contributed by atoms with E-state index < -0.39 is 0 Å². The monoisotopic (exact) mass is 296 g/mol. The van der Waals surface area contributed by atoms with Crippen molar-refractivity contribution in [2.45, 2.75) is 37.8 Å². The normalized spacial score (nSPS) is 24.8. The maximum absolute atomic E-state index is 11.7. The van der Waals surface area contributed by atoms with E-state index in [9.17, 15) is 14.4 Å². The molecule has 0 bridgehead atoms. The van der Waals surface area contributed by atoms with E-state index in [4.69, 9.17) is 0 Å². The molecule has 0 spiro atoms. The third-order valence-electron chi connectivity index (χ3n) is 4.12. The van der Waals surface area contributed by atoms with Crippen LogP contribution in [0.15, 0.2) is 0 Å². The molecule has 1 atom stereocenters. The molecule has 7 heteroatoms. The summed E-state index contributed by atoms with van der Waals surface area (Å²) in [5.74, 6) is -0.280. The average molecular weight is 296 g/mol. The topological polar surface area (TPSA) is 81.8 Å². The van der Waals surface area contributed by atoms with E-state index in [1.807, 2.05) is 0 Å². The summed E-state index contributed by atoms with van der Waals surface area (Å²) < 4.78 is 0. The first kappa shape index (κ1) is 15.9. The second-order valence-corrected chi connectivity index (χ2v) is 6.01. The highest BCUT2D eigenvalue weighted by Crippen LogP contribution is 2.13. The second kappa shape index (κ2) is 7.00. The van der Waals surface area contributed by atoms with Crippen LogP contribution in [0, 0.1) is 0 Å². The van der Waals surface area contributed by atoms with E-state index in [2.05, 4.69) is 15.5 Å². The Hall–Kier alpha value is -1.47. The molecule has 0 radical (unpaired) electrons. The zero-order chi connectivity index (χ0) is 15.4. The van der Waals surface area contributed by atoms with Crippen LogP contribution in [-0.2, 0) is 14.4 Å². The van der Waals surface area contributed by atoms with Gasteiger partial charge in [-0.25, -0.2) is 0 Å². The standard InChI is InChI=1S/C14H24N4O3/c1-17(2)13(20)9-18-7-5-10(6-8-18)15-11-3-4-12(19)16-14(11)21/h10-11,15H,3-9H2,1-2H3,(H,16,19,21). The molecule has 3 amide bonds. The highest BCUT2D eigenvalue weighted by atomic mass is 16.2. The van der Waals surface area contributed by atoms with Crippen LogP contribution in [-0.4, -0.2) is 73.3 Å². The Morgan fingerprint density at radius 1 is 1.29 bits per heavy atom. The highest BCUT2D eigenvalue weighted by Gasteiger charge is 2.30. The van der Waals surface area contributed by atoms with Gasteiger partial charge in [0.1, 0.15) is 0 Å². The molecule has 21 heavy (non-hydrogen) atoms. The Balaban J connectivity index is 1.73. The molecule has 0 aliphatic carbocycles. The number of likely N-dealkylation sites (N-methyl/N-ethyl adjacent to an activating group) is 1. The van der Waals surface area contributed by atoms with Gasteiger partial charge in [-0.05, 0) is 19.3 Å². The van der Waals surface area contributed by atoms with Gasteiger partial charge in [-0.2, -0.15) is 0 Å². The zero-order valence-corrected chi connectivity index (χ0v) is 12.7. The first-order chi connectivity index (χ1) is 9.95. The van der Waals surface area contributed by atoms with Gasteiger partial charge >= 0.3 is 0 Å². The molecule has 0 aromatic carbocycles. The Morgan fingerprint density at radius 3 is 2.52 bits per heavy atom. The van der Waals surface area contributed by atoms with Crippen LogP contribution < -0.4 is 10.6 Å². The molecule has 118 valence electrons. The van der Waals surface area contributed by atoms with Gasteiger partial charge in [0, 0.05) is 39.6 Å². The molecule has 2 aliphatic rings. The Morgan fingerprint density at radius 2 is 1.95 bits per heavy atom. The largest absolute Gasteiger partial charge is 0.348 e. The average Bonchev–Trinajstić information content (AvgIpc) is 2.43. The number of hydrogen-bond acceptors (Lipinski definition) is 5. The van der Waals surface area contributed by atoms with Gasteiger partial charge in [0.15, 0.2) is 0 Å². The molecule has 2 heterocycles. The fourth-order valence-electron chi connectivity index (χ4n) is 2.73. The van der Waals surface area contributed by atoms with Crippen LogP contribution >= 0.6 is 0 Å². The molecular weight excluding hydrogens is 272 g/mol. The van der Waals surface area contributed by atoms with Crippen molar-refractivity contribution >= 4 is 17.7 Å². The number of hydrogen-bond donors (Lipinski definition) is 2. The summed E-state index contributed by atoms with van der Waals surface area (Å²) in [4.78, 5) is 38.2. The number of carbonyl (C=O) groups excluding carboxylic acids is 3. The molecule has 0 saturated carbocycles. The number of nitrogens with one attached hydrogen (secondary N) is 2. The number of piperidine rings is 2. The Bertz CT molecular complexity index is 416. The predicted molar refractivity (Wildman–Crippen MR) is 77.5 cm³/mol. The van der Waals surface area contributed by atoms with Gasteiger partial charge < -0.3 is 10.2 Å². The van der Waals surface area contributed by atoms with Crippen molar-refractivity contribution in [2.24, 2.45) is 0 Å². The maximum Gasteiger partial charge on any atom is 0.243 e. The Labute approximate surface area is 125 Å². The molecule has 2 saturated heterocycles. The SMILES string of the molecule is CN(C)C(=O)CN1CCC(NC2CCC(=O)NC2=O)CC1. The Kier molecular flexibility index (Phi) is 5.30. The lowest BCUT2D eigenvalue weighted by Gasteiger charge is -2.35. The van der Waals surface area contributed by atoms with E-state index in [-0.39, 0.29) is 29.8 Å². The number of imide groups is 1. The summed E-state index contributed by atoms with van der Waals surface area (Å²) in [6.45, 7) is 2.16. The summed E-state index contributed by atoms with van der Waals surface area (Å²) in [5.41, 5.74) is 0. The fraction of sp³-hybridized carbons (Fsp3) is 0.786. The second-order valence-electron chi connectivity index (χ2n) is 6.01. The van der Waals surface area contributed by atoms with Gasteiger partial charge in [0.2, 0.25) is 17.7 Å². The van der Waals surface area contributed by atoms with Crippen LogP contribution in [0.1, 0.15) is 25.7 Å². The van der Waals surface area contributed by atoms with E-state index in [1.54, 1.807) is 19.0 Å².